The van der Waals surface area contributed by atoms with Crippen molar-refractivity contribution in [1.82, 2.24) is 13.9 Å². The van der Waals surface area contributed by atoms with Gasteiger partial charge < -0.3 is 10.0 Å². The van der Waals surface area contributed by atoms with Gasteiger partial charge in [-0.2, -0.15) is 12.7 Å². The number of piperidine rings is 2. The van der Waals surface area contributed by atoms with Gasteiger partial charge in [0.2, 0.25) is 0 Å². The molecule has 21 heavy (non-hydrogen) atoms. The summed E-state index contributed by atoms with van der Waals surface area (Å²) in [6, 6.07) is 0. The molecule has 1 unspecified atom stereocenters. The molecule has 0 spiro atoms. The predicted octanol–water partition coefficient (Wildman–Crippen LogP) is 0.257. The van der Waals surface area contributed by atoms with E-state index >= 15 is 0 Å². The molecule has 124 valence electrons. The van der Waals surface area contributed by atoms with E-state index in [0.29, 0.717) is 19.6 Å². The largest absolute Gasteiger partial charge is 0.396 e. The summed E-state index contributed by atoms with van der Waals surface area (Å²) in [5.74, 6) is 0.0780. The van der Waals surface area contributed by atoms with Gasteiger partial charge in [0.05, 0.1) is 0 Å². The van der Waals surface area contributed by atoms with Crippen LogP contribution in [0.25, 0.3) is 0 Å². The SMILES string of the molecule is CN1CCC(C)(CNS(=O)(=O)N2CCCC(CO)C2)CC1. The molecule has 0 aromatic heterocycles. The normalized spacial score (nSPS) is 28.6. The molecule has 2 rings (SSSR count). The van der Waals surface area contributed by atoms with Crippen LogP contribution in [0, 0.1) is 11.3 Å². The molecule has 0 bridgehead atoms. The summed E-state index contributed by atoms with van der Waals surface area (Å²) in [6.07, 6.45) is 3.78. The minimum absolute atomic E-state index is 0.0474. The Kier molecular flexibility index (Phi) is 5.65. The van der Waals surface area contributed by atoms with Crippen molar-refractivity contribution in [3.05, 3.63) is 0 Å². The second-order valence-electron chi connectivity index (χ2n) is 6.99. The van der Waals surface area contributed by atoms with E-state index in [-0.39, 0.29) is 17.9 Å². The Bertz CT molecular complexity index is 433. The van der Waals surface area contributed by atoms with Gasteiger partial charge in [-0.05, 0) is 57.2 Å². The molecule has 7 heteroatoms. The average Bonchev–Trinajstić information content (AvgIpc) is 2.49. The summed E-state index contributed by atoms with van der Waals surface area (Å²) in [5.41, 5.74) is 0.0474. The molecular weight excluding hydrogens is 290 g/mol. The zero-order valence-electron chi connectivity index (χ0n) is 13.2. The molecule has 0 saturated carbocycles. The Balaban J connectivity index is 1.89. The first-order valence-electron chi connectivity index (χ1n) is 7.89. The van der Waals surface area contributed by atoms with Gasteiger partial charge in [-0.1, -0.05) is 6.92 Å². The van der Waals surface area contributed by atoms with Crippen LogP contribution in [0.2, 0.25) is 0 Å². The van der Waals surface area contributed by atoms with Crippen LogP contribution in [-0.4, -0.2) is 69.1 Å². The highest BCUT2D eigenvalue weighted by Crippen LogP contribution is 2.30. The predicted molar refractivity (Wildman–Crippen MR) is 83.1 cm³/mol. The second kappa shape index (κ2) is 6.91. The van der Waals surface area contributed by atoms with Crippen LogP contribution < -0.4 is 4.72 Å². The van der Waals surface area contributed by atoms with Crippen molar-refractivity contribution in [2.24, 2.45) is 11.3 Å². The number of hydrogen-bond donors (Lipinski definition) is 2. The summed E-state index contributed by atoms with van der Waals surface area (Å²) in [7, 11) is -1.32. The molecule has 2 saturated heterocycles. The molecular formula is C14H29N3O3S. The highest BCUT2D eigenvalue weighted by atomic mass is 32.2. The van der Waals surface area contributed by atoms with Crippen LogP contribution in [-0.2, 0) is 10.2 Å². The number of hydrogen-bond acceptors (Lipinski definition) is 4. The van der Waals surface area contributed by atoms with Gasteiger partial charge in [0.1, 0.15) is 0 Å². The van der Waals surface area contributed by atoms with Crippen LogP contribution in [0.15, 0.2) is 0 Å². The van der Waals surface area contributed by atoms with Gasteiger partial charge in [-0.25, -0.2) is 4.72 Å². The molecule has 0 aromatic carbocycles. The van der Waals surface area contributed by atoms with Gasteiger partial charge in [0.25, 0.3) is 10.2 Å². The number of aliphatic hydroxyl groups excluding tert-OH is 1. The molecule has 0 amide bonds. The quantitative estimate of drug-likeness (QED) is 0.762. The summed E-state index contributed by atoms with van der Waals surface area (Å²) in [4.78, 5) is 2.28. The van der Waals surface area contributed by atoms with Crippen LogP contribution in [0.1, 0.15) is 32.6 Å². The van der Waals surface area contributed by atoms with E-state index in [0.717, 1.165) is 38.8 Å². The fraction of sp³-hybridized carbons (Fsp3) is 1.00. The average molecular weight is 319 g/mol. The van der Waals surface area contributed by atoms with E-state index in [2.05, 4.69) is 23.6 Å². The molecule has 0 radical (unpaired) electrons. The van der Waals surface area contributed by atoms with Crippen molar-refractivity contribution in [3.63, 3.8) is 0 Å². The number of nitrogens with zero attached hydrogens (tertiary/aromatic N) is 2. The lowest BCUT2D eigenvalue weighted by Gasteiger charge is -2.38. The van der Waals surface area contributed by atoms with E-state index in [1.54, 1.807) is 0 Å². The molecule has 1 atom stereocenters. The first-order chi connectivity index (χ1) is 9.85. The molecule has 2 N–H and O–H groups in total. The van der Waals surface area contributed by atoms with Crippen LogP contribution >= 0.6 is 0 Å². The van der Waals surface area contributed by atoms with Gasteiger partial charge in [-0.15, -0.1) is 0 Å². The Labute approximate surface area is 128 Å². The number of nitrogens with one attached hydrogen (secondary N) is 1. The van der Waals surface area contributed by atoms with Crippen molar-refractivity contribution >= 4 is 10.2 Å². The Morgan fingerprint density at radius 2 is 1.95 bits per heavy atom. The zero-order valence-corrected chi connectivity index (χ0v) is 14.0. The van der Waals surface area contributed by atoms with Crippen LogP contribution in [0.4, 0.5) is 0 Å². The van der Waals surface area contributed by atoms with Gasteiger partial charge in [0.15, 0.2) is 0 Å². The maximum absolute atomic E-state index is 12.4. The minimum atomic E-state index is -3.42. The molecule has 2 heterocycles. The van der Waals surface area contributed by atoms with E-state index in [4.69, 9.17) is 0 Å². The van der Waals surface area contributed by atoms with Crippen LogP contribution in [0.5, 0.6) is 0 Å². The highest BCUT2D eigenvalue weighted by Gasteiger charge is 2.33. The monoisotopic (exact) mass is 319 g/mol. The Hall–Kier alpha value is -0.210. The Morgan fingerprint density at radius 3 is 2.57 bits per heavy atom. The molecule has 2 fully saturated rings. The Morgan fingerprint density at radius 1 is 1.29 bits per heavy atom. The van der Waals surface area contributed by atoms with E-state index in [1.807, 2.05) is 0 Å². The fourth-order valence-corrected chi connectivity index (χ4v) is 4.58. The third-order valence-electron chi connectivity index (χ3n) is 4.96. The topological polar surface area (TPSA) is 72.9 Å². The highest BCUT2D eigenvalue weighted by molar-refractivity contribution is 7.87. The summed E-state index contributed by atoms with van der Waals surface area (Å²) in [6.45, 7) is 5.77. The van der Waals surface area contributed by atoms with Crippen molar-refractivity contribution in [1.29, 1.82) is 0 Å². The number of rotatable bonds is 5. The molecule has 2 aliphatic rings. The first-order valence-corrected chi connectivity index (χ1v) is 9.33. The lowest BCUT2D eigenvalue weighted by Crippen LogP contribution is -2.50. The number of likely N-dealkylation sites (tertiary alicyclic amines) is 1. The third kappa shape index (κ3) is 4.63. The molecule has 6 nitrogen and oxygen atoms in total. The van der Waals surface area contributed by atoms with Crippen molar-refractivity contribution < 1.29 is 13.5 Å². The van der Waals surface area contributed by atoms with E-state index in [1.165, 1.54) is 4.31 Å². The van der Waals surface area contributed by atoms with Crippen molar-refractivity contribution in [2.75, 3.05) is 46.4 Å². The standard InChI is InChI=1S/C14H29N3O3S/c1-14(5-8-16(2)9-6-14)12-15-21(19,20)17-7-3-4-13(10-17)11-18/h13,15,18H,3-12H2,1-2H3. The minimum Gasteiger partial charge on any atom is -0.396 e. The fourth-order valence-electron chi connectivity index (χ4n) is 3.09. The van der Waals surface area contributed by atoms with Gasteiger partial charge in [0, 0.05) is 26.2 Å². The lowest BCUT2D eigenvalue weighted by atomic mass is 9.81. The molecule has 0 aliphatic carbocycles. The lowest BCUT2D eigenvalue weighted by molar-refractivity contribution is 0.140. The smallest absolute Gasteiger partial charge is 0.279 e. The van der Waals surface area contributed by atoms with E-state index < -0.39 is 10.2 Å². The van der Waals surface area contributed by atoms with Crippen LogP contribution in [0.3, 0.4) is 0 Å². The van der Waals surface area contributed by atoms with Crippen molar-refractivity contribution in [3.8, 4) is 0 Å². The summed E-state index contributed by atoms with van der Waals surface area (Å²) in [5, 5.41) is 9.23. The maximum atomic E-state index is 12.4. The first kappa shape index (κ1) is 17.1. The maximum Gasteiger partial charge on any atom is 0.279 e. The second-order valence-corrected chi connectivity index (χ2v) is 8.74. The molecule has 0 aromatic rings. The summed E-state index contributed by atoms with van der Waals surface area (Å²) < 4.78 is 29.1. The van der Waals surface area contributed by atoms with Crippen molar-refractivity contribution in [2.45, 2.75) is 32.6 Å². The molecule has 2 aliphatic heterocycles. The van der Waals surface area contributed by atoms with E-state index in [9.17, 15) is 13.5 Å². The third-order valence-corrected chi connectivity index (χ3v) is 6.48. The summed E-state index contributed by atoms with van der Waals surface area (Å²) >= 11 is 0. The number of aliphatic hydroxyl groups is 1. The zero-order chi connectivity index (χ0) is 15.5. The van der Waals surface area contributed by atoms with Gasteiger partial charge >= 0.3 is 0 Å². The van der Waals surface area contributed by atoms with Gasteiger partial charge in [-0.3, -0.25) is 0 Å².